The second kappa shape index (κ2) is 3.44. The van der Waals surface area contributed by atoms with Crippen molar-refractivity contribution in [3.05, 3.63) is 17.3 Å². The largest absolute Gasteiger partial charge is 0.478 e. The molecule has 2 rings (SSSR count). The number of H-pyrrole nitrogens is 1. The van der Waals surface area contributed by atoms with E-state index in [0.29, 0.717) is 16.7 Å². The summed E-state index contributed by atoms with van der Waals surface area (Å²) in [6.07, 6.45) is 0. The Balaban J connectivity index is 2.83. The van der Waals surface area contributed by atoms with Gasteiger partial charge in [0, 0.05) is 11.1 Å². The lowest BCUT2D eigenvalue weighted by atomic mass is 9.90. The van der Waals surface area contributed by atoms with Crippen molar-refractivity contribution in [2.24, 2.45) is 0 Å². The summed E-state index contributed by atoms with van der Waals surface area (Å²) in [5.74, 6) is -0.804. The number of nitrogen functional groups attached to an aromatic ring is 1. The van der Waals surface area contributed by atoms with E-state index >= 15 is 0 Å². The van der Waals surface area contributed by atoms with Crippen molar-refractivity contribution in [3.63, 3.8) is 0 Å². The van der Waals surface area contributed by atoms with Crippen LogP contribution >= 0.6 is 0 Å². The van der Waals surface area contributed by atoms with Crippen molar-refractivity contribution >= 4 is 22.8 Å². The van der Waals surface area contributed by atoms with E-state index in [9.17, 15) is 9.90 Å². The van der Waals surface area contributed by atoms with Crippen LogP contribution in [0.5, 0.6) is 0 Å². The number of pyridine rings is 1. The summed E-state index contributed by atoms with van der Waals surface area (Å²) in [6, 6.07) is 1.55. The molecule has 0 atom stereocenters. The highest BCUT2D eigenvalue weighted by molar-refractivity contribution is 6.05. The number of carboxylic acid groups (broad SMARTS) is 1. The first-order chi connectivity index (χ1) is 7.80. The fraction of sp³-hybridized carbons (Fsp3) is 0.364. The quantitative estimate of drug-likeness (QED) is 0.694. The topological polar surface area (TPSA) is 105 Å². The Bertz CT molecular complexity index is 595. The number of nitrogens with two attached hydrogens (primary N) is 1. The molecule has 2 heterocycles. The lowest BCUT2D eigenvalue weighted by Gasteiger charge is -2.18. The van der Waals surface area contributed by atoms with Crippen LogP contribution in [0.1, 0.15) is 36.8 Å². The SMILES string of the molecule is CC(C)(C)c1cc(C(=O)O)c2c(N)[nH]nc2n1. The number of fused-ring (bicyclic) bond motifs is 1. The lowest BCUT2D eigenvalue weighted by Crippen LogP contribution is -2.15. The summed E-state index contributed by atoms with van der Waals surface area (Å²) in [6.45, 7) is 5.88. The van der Waals surface area contributed by atoms with E-state index in [0.717, 1.165) is 0 Å². The van der Waals surface area contributed by atoms with Crippen molar-refractivity contribution in [1.29, 1.82) is 0 Å². The van der Waals surface area contributed by atoms with Crippen LogP contribution in [0.25, 0.3) is 11.0 Å². The molecule has 0 fully saturated rings. The highest BCUT2D eigenvalue weighted by Gasteiger charge is 2.22. The molecule has 0 bridgehead atoms. The summed E-state index contributed by atoms with van der Waals surface area (Å²) in [7, 11) is 0. The highest BCUT2D eigenvalue weighted by Crippen LogP contribution is 2.27. The number of carboxylic acids is 1. The molecule has 0 saturated heterocycles. The minimum Gasteiger partial charge on any atom is -0.478 e. The summed E-state index contributed by atoms with van der Waals surface area (Å²) >= 11 is 0. The molecule has 0 aliphatic heterocycles. The van der Waals surface area contributed by atoms with Gasteiger partial charge < -0.3 is 10.8 Å². The third-order valence-corrected chi connectivity index (χ3v) is 2.55. The van der Waals surface area contributed by atoms with Crippen molar-refractivity contribution in [2.45, 2.75) is 26.2 Å². The van der Waals surface area contributed by atoms with Gasteiger partial charge >= 0.3 is 5.97 Å². The molecule has 0 spiro atoms. The van der Waals surface area contributed by atoms with Gasteiger partial charge in [-0.05, 0) is 6.07 Å². The molecular formula is C11H14N4O2. The summed E-state index contributed by atoms with van der Waals surface area (Å²) in [5, 5.41) is 16.0. The zero-order chi connectivity index (χ0) is 12.8. The van der Waals surface area contributed by atoms with Gasteiger partial charge in [0.1, 0.15) is 5.82 Å². The predicted molar refractivity (Wildman–Crippen MR) is 64.0 cm³/mol. The van der Waals surface area contributed by atoms with Gasteiger partial charge in [-0.3, -0.25) is 5.10 Å². The number of nitrogens with one attached hydrogen (secondary N) is 1. The minimum absolute atomic E-state index is 0.131. The third kappa shape index (κ3) is 1.82. The minimum atomic E-state index is -1.03. The predicted octanol–water partition coefficient (Wildman–Crippen LogP) is 1.54. The van der Waals surface area contributed by atoms with Gasteiger partial charge in [-0.1, -0.05) is 20.8 Å². The van der Waals surface area contributed by atoms with E-state index < -0.39 is 5.97 Å². The average Bonchev–Trinajstić information content (AvgIpc) is 2.58. The molecule has 0 saturated carbocycles. The highest BCUT2D eigenvalue weighted by atomic mass is 16.4. The zero-order valence-electron chi connectivity index (χ0n) is 9.90. The van der Waals surface area contributed by atoms with Gasteiger partial charge in [0.15, 0.2) is 5.65 Å². The Morgan fingerprint density at radius 1 is 1.47 bits per heavy atom. The maximum atomic E-state index is 11.2. The van der Waals surface area contributed by atoms with Crippen LogP contribution in [0.2, 0.25) is 0 Å². The van der Waals surface area contributed by atoms with Crippen molar-refractivity contribution in [1.82, 2.24) is 15.2 Å². The maximum absolute atomic E-state index is 11.2. The van der Waals surface area contributed by atoms with Crippen LogP contribution in [0.15, 0.2) is 6.07 Å². The first-order valence-electron chi connectivity index (χ1n) is 5.19. The number of aromatic nitrogens is 3. The van der Waals surface area contributed by atoms with Crippen LogP contribution in [0, 0.1) is 0 Å². The Morgan fingerprint density at radius 3 is 2.65 bits per heavy atom. The van der Waals surface area contributed by atoms with E-state index in [2.05, 4.69) is 15.2 Å². The Morgan fingerprint density at radius 2 is 2.12 bits per heavy atom. The van der Waals surface area contributed by atoms with Gasteiger partial charge in [0.25, 0.3) is 0 Å². The second-order valence-electron chi connectivity index (χ2n) is 4.95. The summed E-state index contributed by atoms with van der Waals surface area (Å²) < 4.78 is 0. The molecule has 0 radical (unpaired) electrons. The smallest absolute Gasteiger partial charge is 0.336 e. The number of rotatable bonds is 1. The first kappa shape index (κ1) is 11.4. The van der Waals surface area contributed by atoms with Crippen LogP contribution in [-0.2, 0) is 5.41 Å². The molecule has 2 aromatic rings. The Labute approximate surface area is 97.9 Å². The normalized spacial score (nSPS) is 11.9. The zero-order valence-corrected chi connectivity index (χ0v) is 9.90. The van der Waals surface area contributed by atoms with Crippen molar-refractivity contribution in [2.75, 3.05) is 5.73 Å². The lowest BCUT2D eigenvalue weighted by molar-refractivity contribution is 0.0699. The molecule has 0 amide bonds. The number of anilines is 1. The maximum Gasteiger partial charge on any atom is 0.336 e. The van der Waals surface area contributed by atoms with Crippen LogP contribution in [-0.4, -0.2) is 26.3 Å². The Kier molecular flexibility index (Phi) is 2.30. The number of aromatic amines is 1. The van der Waals surface area contributed by atoms with Crippen LogP contribution < -0.4 is 5.73 Å². The number of hydrogen-bond acceptors (Lipinski definition) is 4. The molecular weight excluding hydrogens is 220 g/mol. The van der Waals surface area contributed by atoms with E-state index in [1.807, 2.05) is 20.8 Å². The molecule has 6 heteroatoms. The molecule has 0 aromatic carbocycles. The molecule has 6 nitrogen and oxygen atoms in total. The number of carbonyl (C=O) groups is 1. The molecule has 4 N–H and O–H groups in total. The monoisotopic (exact) mass is 234 g/mol. The van der Waals surface area contributed by atoms with E-state index in [-0.39, 0.29) is 16.8 Å². The van der Waals surface area contributed by atoms with Gasteiger partial charge in [0.05, 0.1) is 10.9 Å². The summed E-state index contributed by atoms with van der Waals surface area (Å²) in [4.78, 5) is 15.5. The average molecular weight is 234 g/mol. The van der Waals surface area contributed by atoms with Gasteiger partial charge in [0.2, 0.25) is 0 Å². The van der Waals surface area contributed by atoms with E-state index in [1.54, 1.807) is 6.07 Å². The second-order valence-corrected chi connectivity index (χ2v) is 4.95. The number of nitrogens with zero attached hydrogens (tertiary/aromatic N) is 2. The van der Waals surface area contributed by atoms with Gasteiger partial charge in [-0.2, -0.15) is 5.10 Å². The van der Waals surface area contributed by atoms with Gasteiger partial charge in [-0.25, -0.2) is 9.78 Å². The molecule has 17 heavy (non-hydrogen) atoms. The molecule has 2 aromatic heterocycles. The fourth-order valence-corrected chi connectivity index (χ4v) is 1.60. The van der Waals surface area contributed by atoms with Crippen molar-refractivity contribution in [3.8, 4) is 0 Å². The standard InChI is InChI=1S/C11H14N4O2/c1-11(2,3)6-4-5(10(16)17)7-8(12)14-15-9(7)13-6/h4H,1-3H3,(H,16,17)(H3,12,13,14,15). The summed E-state index contributed by atoms with van der Waals surface area (Å²) in [5.41, 5.74) is 6.55. The third-order valence-electron chi connectivity index (χ3n) is 2.55. The molecule has 0 aliphatic carbocycles. The number of hydrogen-bond donors (Lipinski definition) is 3. The van der Waals surface area contributed by atoms with Crippen LogP contribution in [0.4, 0.5) is 5.82 Å². The van der Waals surface area contributed by atoms with E-state index in [4.69, 9.17) is 5.73 Å². The first-order valence-corrected chi connectivity index (χ1v) is 5.19. The molecule has 0 aliphatic rings. The Hall–Kier alpha value is -2.11. The molecule has 90 valence electrons. The van der Waals surface area contributed by atoms with Crippen molar-refractivity contribution < 1.29 is 9.90 Å². The van der Waals surface area contributed by atoms with Gasteiger partial charge in [-0.15, -0.1) is 0 Å². The molecule has 0 unspecified atom stereocenters. The number of aromatic carboxylic acids is 1. The van der Waals surface area contributed by atoms with Crippen LogP contribution in [0.3, 0.4) is 0 Å². The fourth-order valence-electron chi connectivity index (χ4n) is 1.60. The van der Waals surface area contributed by atoms with E-state index in [1.165, 1.54) is 0 Å².